The van der Waals surface area contributed by atoms with Crippen LogP contribution in [0.5, 0.6) is 17.2 Å². The molecule has 1 aromatic heterocycles. The fraction of sp³-hybridized carbons (Fsp3) is 0.143. The van der Waals surface area contributed by atoms with Crippen LogP contribution < -0.4 is 19.8 Å². The zero-order chi connectivity index (χ0) is 30.3. The number of ether oxygens (including phenoxy) is 3. The van der Waals surface area contributed by atoms with Crippen molar-refractivity contribution in [2.45, 2.75) is 20.1 Å². The molecule has 0 aliphatic rings. The lowest BCUT2D eigenvalue weighted by Crippen LogP contribution is -2.27. The molecular formula is C35H30F2N2O4. The zero-order valence-electron chi connectivity index (χ0n) is 24.0. The van der Waals surface area contributed by atoms with Gasteiger partial charge in [-0.3, -0.25) is 4.79 Å². The molecule has 0 N–H and O–H groups in total. The number of nitrogens with zero attached hydrogens (tertiary/aromatic N) is 2. The minimum atomic E-state index is -0.569. The minimum absolute atomic E-state index is 0.00587. The first-order valence-electron chi connectivity index (χ1n) is 13.6. The number of para-hydroxylation sites is 1. The van der Waals surface area contributed by atoms with E-state index in [0.717, 1.165) is 11.1 Å². The average Bonchev–Trinajstić information content (AvgIpc) is 3.01. The van der Waals surface area contributed by atoms with Crippen LogP contribution in [0.15, 0.2) is 95.8 Å². The Balaban J connectivity index is 1.65. The monoisotopic (exact) mass is 580 g/mol. The molecule has 0 aliphatic heterocycles. The van der Waals surface area contributed by atoms with Gasteiger partial charge >= 0.3 is 0 Å². The van der Waals surface area contributed by atoms with Crippen LogP contribution in [-0.2, 0) is 13.2 Å². The standard InChI is InChI=1S/C35H30F2N2O4/c1-23-33(30-13-8-14-32(37)34(30)43-22-25-9-5-4-6-10-25)31(16-15-24-11-7-12-27(36)17-24)35(40)39(38-23)21-26-18-28(41-2)20-29(19-26)42-3/h4-20H,21-22H2,1-3H3. The summed E-state index contributed by atoms with van der Waals surface area (Å²) in [6.07, 6.45) is 3.25. The second-order valence-electron chi connectivity index (χ2n) is 9.84. The van der Waals surface area contributed by atoms with Gasteiger partial charge in [0.1, 0.15) is 23.9 Å². The maximum absolute atomic E-state index is 15.3. The second-order valence-corrected chi connectivity index (χ2v) is 9.84. The largest absolute Gasteiger partial charge is 0.497 e. The fourth-order valence-corrected chi connectivity index (χ4v) is 4.82. The molecule has 43 heavy (non-hydrogen) atoms. The lowest BCUT2D eigenvalue weighted by atomic mass is 9.97. The van der Waals surface area contributed by atoms with E-state index in [1.807, 2.05) is 30.3 Å². The van der Waals surface area contributed by atoms with Crippen molar-refractivity contribution in [1.82, 2.24) is 9.78 Å². The van der Waals surface area contributed by atoms with Crippen LogP contribution in [0.3, 0.4) is 0 Å². The SMILES string of the molecule is COc1cc(Cn2nc(C)c(-c3cccc(F)c3OCc3ccccc3)c(C=Cc3cccc(F)c3)c2=O)cc(OC)c1. The third-order valence-corrected chi connectivity index (χ3v) is 6.86. The van der Waals surface area contributed by atoms with Crippen LogP contribution >= 0.6 is 0 Å². The molecule has 0 bridgehead atoms. The van der Waals surface area contributed by atoms with Gasteiger partial charge in [-0.25, -0.2) is 13.5 Å². The van der Waals surface area contributed by atoms with Crippen LogP contribution in [0.4, 0.5) is 8.78 Å². The molecule has 0 amide bonds. The lowest BCUT2D eigenvalue weighted by molar-refractivity contribution is 0.291. The normalized spacial score (nSPS) is 11.1. The maximum atomic E-state index is 15.3. The molecular weight excluding hydrogens is 550 g/mol. The van der Waals surface area contributed by atoms with Gasteiger partial charge in [0.05, 0.1) is 32.0 Å². The number of halogens is 2. The Hall–Kier alpha value is -5.24. The molecule has 0 aliphatic carbocycles. The van der Waals surface area contributed by atoms with E-state index >= 15 is 4.39 Å². The van der Waals surface area contributed by atoms with Gasteiger partial charge in [-0.05, 0) is 60.0 Å². The highest BCUT2D eigenvalue weighted by Gasteiger charge is 2.21. The molecule has 0 fully saturated rings. The predicted octanol–water partition coefficient (Wildman–Crippen LogP) is 7.31. The first-order chi connectivity index (χ1) is 20.9. The molecule has 0 saturated heterocycles. The summed E-state index contributed by atoms with van der Waals surface area (Å²) in [5, 5.41) is 4.62. The summed E-state index contributed by atoms with van der Waals surface area (Å²) < 4.78 is 47.3. The van der Waals surface area contributed by atoms with Gasteiger partial charge in [0.15, 0.2) is 11.6 Å². The molecule has 6 nitrogen and oxygen atoms in total. The maximum Gasteiger partial charge on any atom is 0.274 e. The van der Waals surface area contributed by atoms with Gasteiger partial charge in [-0.15, -0.1) is 0 Å². The Kier molecular flexibility index (Phi) is 8.96. The Morgan fingerprint density at radius 1 is 0.814 bits per heavy atom. The number of aromatic nitrogens is 2. The first-order valence-corrected chi connectivity index (χ1v) is 13.6. The van der Waals surface area contributed by atoms with Crippen LogP contribution in [0, 0.1) is 18.6 Å². The van der Waals surface area contributed by atoms with E-state index in [9.17, 15) is 9.18 Å². The number of hydrogen-bond donors (Lipinski definition) is 0. The van der Waals surface area contributed by atoms with Gasteiger partial charge in [0.25, 0.3) is 5.56 Å². The van der Waals surface area contributed by atoms with Crippen molar-refractivity contribution >= 4 is 12.2 Å². The Bertz CT molecular complexity index is 1810. The van der Waals surface area contributed by atoms with Gasteiger partial charge in [-0.2, -0.15) is 5.10 Å². The topological polar surface area (TPSA) is 62.6 Å². The molecule has 218 valence electrons. The smallest absolute Gasteiger partial charge is 0.274 e. The highest BCUT2D eigenvalue weighted by molar-refractivity contribution is 5.84. The first kappa shape index (κ1) is 29.3. The van der Waals surface area contributed by atoms with E-state index in [0.29, 0.717) is 33.9 Å². The summed E-state index contributed by atoms with van der Waals surface area (Å²) in [5.41, 5.74) is 3.26. The van der Waals surface area contributed by atoms with Gasteiger partial charge < -0.3 is 14.2 Å². The molecule has 0 saturated carbocycles. The molecule has 8 heteroatoms. The summed E-state index contributed by atoms with van der Waals surface area (Å²) in [4.78, 5) is 14.1. The zero-order valence-corrected chi connectivity index (χ0v) is 24.0. The average molecular weight is 581 g/mol. The number of benzene rings is 4. The molecule has 4 aromatic carbocycles. The van der Waals surface area contributed by atoms with E-state index < -0.39 is 17.2 Å². The van der Waals surface area contributed by atoms with Crippen molar-refractivity contribution in [3.63, 3.8) is 0 Å². The van der Waals surface area contributed by atoms with Gasteiger partial charge in [0.2, 0.25) is 0 Å². The van der Waals surface area contributed by atoms with Crippen molar-refractivity contribution in [3.8, 4) is 28.4 Å². The highest BCUT2D eigenvalue weighted by atomic mass is 19.1. The van der Waals surface area contributed by atoms with E-state index in [-0.39, 0.29) is 24.5 Å². The third kappa shape index (κ3) is 6.81. The van der Waals surface area contributed by atoms with Crippen LogP contribution in [-0.4, -0.2) is 24.0 Å². The number of hydrogen-bond acceptors (Lipinski definition) is 5. The van der Waals surface area contributed by atoms with Crippen molar-refractivity contribution in [2.75, 3.05) is 14.2 Å². The van der Waals surface area contributed by atoms with E-state index in [4.69, 9.17) is 14.2 Å². The molecule has 0 radical (unpaired) electrons. The van der Waals surface area contributed by atoms with Crippen LogP contribution in [0.25, 0.3) is 23.3 Å². The van der Waals surface area contributed by atoms with Crippen molar-refractivity contribution in [2.24, 2.45) is 0 Å². The van der Waals surface area contributed by atoms with Crippen LogP contribution in [0.1, 0.15) is 27.9 Å². The summed E-state index contributed by atoms with van der Waals surface area (Å²) in [7, 11) is 3.10. The molecule has 1 heterocycles. The summed E-state index contributed by atoms with van der Waals surface area (Å²) in [5.74, 6) is 0.176. The van der Waals surface area contributed by atoms with E-state index in [1.165, 1.54) is 22.9 Å². The number of aryl methyl sites for hydroxylation is 1. The Morgan fingerprint density at radius 2 is 1.53 bits per heavy atom. The van der Waals surface area contributed by atoms with Gasteiger partial charge in [0, 0.05) is 17.2 Å². The van der Waals surface area contributed by atoms with Crippen molar-refractivity contribution in [1.29, 1.82) is 0 Å². The third-order valence-electron chi connectivity index (χ3n) is 6.86. The molecule has 0 spiro atoms. The molecule has 0 unspecified atom stereocenters. The minimum Gasteiger partial charge on any atom is -0.497 e. The predicted molar refractivity (Wildman–Crippen MR) is 163 cm³/mol. The van der Waals surface area contributed by atoms with Crippen molar-refractivity contribution in [3.05, 3.63) is 141 Å². The van der Waals surface area contributed by atoms with Gasteiger partial charge in [-0.1, -0.05) is 60.7 Å². The number of rotatable bonds is 10. The molecule has 5 aromatic rings. The summed E-state index contributed by atoms with van der Waals surface area (Å²) in [6.45, 7) is 2.00. The second kappa shape index (κ2) is 13.2. The fourth-order valence-electron chi connectivity index (χ4n) is 4.82. The van der Waals surface area contributed by atoms with Crippen LogP contribution in [0.2, 0.25) is 0 Å². The molecule has 0 atom stereocenters. The van der Waals surface area contributed by atoms with E-state index in [2.05, 4.69) is 5.10 Å². The summed E-state index contributed by atoms with van der Waals surface area (Å²) in [6, 6.07) is 25.3. The number of methoxy groups -OCH3 is 2. The Morgan fingerprint density at radius 3 is 2.23 bits per heavy atom. The highest BCUT2D eigenvalue weighted by Crippen LogP contribution is 2.36. The summed E-state index contributed by atoms with van der Waals surface area (Å²) >= 11 is 0. The quantitative estimate of drug-likeness (QED) is 0.173. The lowest BCUT2D eigenvalue weighted by Gasteiger charge is -2.18. The Labute approximate surface area is 248 Å². The molecule has 5 rings (SSSR count). The van der Waals surface area contributed by atoms with Crippen molar-refractivity contribution < 1.29 is 23.0 Å². The van der Waals surface area contributed by atoms with E-state index in [1.54, 1.807) is 75.8 Å².